The molecule has 3 heterocycles. The molecular weight excluding hydrogens is 470 g/mol. The van der Waals surface area contributed by atoms with Gasteiger partial charge in [0, 0.05) is 13.1 Å². The standard InChI is InChI=1S/C23H33N7O6/c1-5-22(6-2)16-25-11-9-24-10-12-26-17-23(7-3,8-4)19(34)28-21(36)30(17)15(32)13-14(31)29(16)20(35)27-18(22)33/h24H,5-13H2,1-4H3,(H,27,33,35)(H,28,34,36). The number of carbonyl (C=O) groups excluding carboxylic acids is 6. The van der Waals surface area contributed by atoms with Gasteiger partial charge in [-0.15, -0.1) is 0 Å². The van der Waals surface area contributed by atoms with E-state index < -0.39 is 52.9 Å². The van der Waals surface area contributed by atoms with Gasteiger partial charge in [0.1, 0.15) is 28.9 Å². The maximum atomic E-state index is 13.4. The Morgan fingerprint density at radius 2 is 1.03 bits per heavy atom. The van der Waals surface area contributed by atoms with Crippen molar-refractivity contribution in [2.45, 2.75) is 59.8 Å². The van der Waals surface area contributed by atoms with Crippen LogP contribution in [0.15, 0.2) is 9.98 Å². The Kier molecular flexibility index (Phi) is 8.02. The number of aliphatic imine (C=N–C) groups is 2. The van der Waals surface area contributed by atoms with E-state index in [1.807, 2.05) is 0 Å². The summed E-state index contributed by atoms with van der Waals surface area (Å²) in [4.78, 5) is 88.4. The Bertz CT molecular complexity index is 962. The first-order valence-electron chi connectivity index (χ1n) is 12.3. The molecule has 2 saturated heterocycles. The van der Waals surface area contributed by atoms with Gasteiger partial charge in [-0.1, -0.05) is 27.7 Å². The Morgan fingerprint density at radius 1 is 0.667 bits per heavy atom. The fourth-order valence-electron chi connectivity index (χ4n) is 4.94. The van der Waals surface area contributed by atoms with Crippen LogP contribution in [0.5, 0.6) is 0 Å². The first kappa shape index (κ1) is 27.1. The van der Waals surface area contributed by atoms with Crippen molar-refractivity contribution in [1.82, 2.24) is 25.8 Å². The van der Waals surface area contributed by atoms with Gasteiger partial charge in [-0.05, 0) is 25.7 Å². The minimum absolute atomic E-state index is 0.0125. The Labute approximate surface area is 209 Å². The zero-order chi connectivity index (χ0) is 26.7. The van der Waals surface area contributed by atoms with E-state index in [4.69, 9.17) is 0 Å². The summed E-state index contributed by atoms with van der Waals surface area (Å²) >= 11 is 0. The van der Waals surface area contributed by atoms with Crippen molar-refractivity contribution < 1.29 is 28.8 Å². The lowest BCUT2D eigenvalue weighted by atomic mass is 9.77. The van der Waals surface area contributed by atoms with E-state index in [1.54, 1.807) is 27.7 Å². The van der Waals surface area contributed by atoms with Crippen molar-refractivity contribution in [2.75, 3.05) is 26.2 Å². The number of fused-ring (bicyclic) bond motifs is 2. The number of imide groups is 4. The van der Waals surface area contributed by atoms with Gasteiger partial charge >= 0.3 is 12.1 Å². The number of hydrogen-bond donors (Lipinski definition) is 3. The lowest BCUT2D eigenvalue weighted by molar-refractivity contribution is -0.135. The number of carbonyl (C=O) groups is 6. The molecule has 3 rings (SSSR count). The molecular formula is C23H33N7O6. The molecule has 13 nitrogen and oxygen atoms in total. The van der Waals surface area contributed by atoms with E-state index in [1.165, 1.54) is 0 Å². The molecule has 36 heavy (non-hydrogen) atoms. The largest absolute Gasteiger partial charge is 0.336 e. The summed E-state index contributed by atoms with van der Waals surface area (Å²) in [6.45, 7) is 8.10. The molecule has 13 heteroatoms. The summed E-state index contributed by atoms with van der Waals surface area (Å²) in [5.41, 5.74) is -2.46. The first-order valence-corrected chi connectivity index (χ1v) is 12.3. The van der Waals surface area contributed by atoms with E-state index in [2.05, 4.69) is 25.9 Å². The Morgan fingerprint density at radius 3 is 1.36 bits per heavy atom. The highest BCUT2D eigenvalue weighted by Gasteiger charge is 2.54. The molecule has 2 fully saturated rings. The molecule has 0 radical (unpaired) electrons. The molecule has 3 N–H and O–H groups in total. The summed E-state index contributed by atoms with van der Waals surface area (Å²) in [7, 11) is 0. The molecule has 0 aliphatic carbocycles. The second-order valence-electron chi connectivity index (χ2n) is 8.89. The van der Waals surface area contributed by atoms with Crippen molar-refractivity contribution in [1.29, 1.82) is 0 Å². The summed E-state index contributed by atoms with van der Waals surface area (Å²) in [6.07, 6.45) is 0.225. The molecule has 0 spiro atoms. The van der Waals surface area contributed by atoms with Gasteiger partial charge in [-0.25, -0.2) is 19.4 Å². The lowest BCUT2D eigenvalue weighted by Gasteiger charge is -2.42. The van der Waals surface area contributed by atoms with Crippen LogP contribution >= 0.6 is 0 Å². The van der Waals surface area contributed by atoms with Crippen LogP contribution < -0.4 is 16.0 Å². The normalized spacial score (nSPS) is 23.1. The van der Waals surface area contributed by atoms with E-state index in [-0.39, 0.29) is 50.4 Å². The molecule has 0 aromatic carbocycles. The van der Waals surface area contributed by atoms with Crippen LogP contribution in [0, 0.1) is 10.8 Å². The van der Waals surface area contributed by atoms with Crippen LogP contribution in [0.2, 0.25) is 0 Å². The Balaban J connectivity index is 2.09. The average molecular weight is 504 g/mol. The minimum atomic E-state index is -1.23. The van der Waals surface area contributed by atoms with Gasteiger partial charge in [0.25, 0.3) is 0 Å². The van der Waals surface area contributed by atoms with Crippen LogP contribution in [0.4, 0.5) is 9.59 Å². The number of amides is 8. The second kappa shape index (κ2) is 10.6. The molecule has 0 unspecified atom stereocenters. The first-order chi connectivity index (χ1) is 17.1. The summed E-state index contributed by atoms with van der Waals surface area (Å²) in [5.74, 6) is -3.02. The number of nitrogens with one attached hydrogen (secondary N) is 3. The monoisotopic (exact) mass is 503 g/mol. The van der Waals surface area contributed by atoms with Gasteiger partial charge in [0.15, 0.2) is 0 Å². The number of hydrogen-bond acceptors (Lipinski definition) is 9. The molecule has 3 aliphatic heterocycles. The molecule has 0 aromatic heterocycles. The van der Waals surface area contributed by atoms with E-state index in [0.717, 1.165) is 9.80 Å². The van der Waals surface area contributed by atoms with Crippen molar-refractivity contribution in [3.63, 3.8) is 0 Å². The maximum Gasteiger partial charge on any atom is 0.336 e. The van der Waals surface area contributed by atoms with Crippen molar-refractivity contribution in [3.05, 3.63) is 0 Å². The molecule has 0 saturated carbocycles. The smallest absolute Gasteiger partial charge is 0.313 e. The van der Waals surface area contributed by atoms with Crippen LogP contribution in [0.25, 0.3) is 0 Å². The zero-order valence-electron chi connectivity index (χ0n) is 21.1. The summed E-state index contributed by atoms with van der Waals surface area (Å²) in [5, 5.41) is 7.56. The highest BCUT2D eigenvalue weighted by Crippen LogP contribution is 2.36. The molecule has 3 aliphatic rings. The number of amidine groups is 2. The van der Waals surface area contributed by atoms with Crippen LogP contribution in [0.3, 0.4) is 0 Å². The predicted molar refractivity (Wildman–Crippen MR) is 129 cm³/mol. The number of urea groups is 2. The third-order valence-electron chi connectivity index (χ3n) is 7.31. The topological polar surface area (TPSA) is 170 Å². The number of nitrogens with zero attached hydrogens (tertiary/aromatic N) is 4. The second-order valence-corrected chi connectivity index (χ2v) is 8.89. The molecule has 0 aromatic rings. The average Bonchev–Trinajstić information content (AvgIpc) is 2.83. The van der Waals surface area contributed by atoms with Crippen LogP contribution in [-0.4, -0.2) is 83.3 Å². The van der Waals surface area contributed by atoms with Crippen LogP contribution in [-0.2, 0) is 19.2 Å². The summed E-state index contributed by atoms with van der Waals surface area (Å²) in [6, 6.07) is -2.00. The third kappa shape index (κ3) is 4.31. The van der Waals surface area contributed by atoms with Crippen molar-refractivity contribution in [3.8, 4) is 0 Å². The van der Waals surface area contributed by atoms with E-state index >= 15 is 0 Å². The molecule has 0 bridgehead atoms. The zero-order valence-corrected chi connectivity index (χ0v) is 21.1. The lowest BCUT2D eigenvalue weighted by Crippen LogP contribution is -2.67. The molecule has 8 amide bonds. The molecule has 196 valence electrons. The highest BCUT2D eigenvalue weighted by molar-refractivity contribution is 6.31. The van der Waals surface area contributed by atoms with E-state index in [0.29, 0.717) is 13.1 Å². The van der Waals surface area contributed by atoms with Gasteiger partial charge in [0.05, 0.1) is 13.1 Å². The minimum Gasteiger partial charge on any atom is -0.313 e. The molecule has 0 atom stereocenters. The van der Waals surface area contributed by atoms with Gasteiger partial charge in [0.2, 0.25) is 23.6 Å². The summed E-state index contributed by atoms with van der Waals surface area (Å²) < 4.78 is 0. The van der Waals surface area contributed by atoms with Crippen molar-refractivity contribution >= 4 is 47.4 Å². The quantitative estimate of drug-likeness (QED) is 0.470. The fraction of sp³-hybridized carbons (Fsp3) is 0.652. The van der Waals surface area contributed by atoms with Gasteiger partial charge < -0.3 is 5.32 Å². The van der Waals surface area contributed by atoms with E-state index in [9.17, 15) is 28.8 Å². The highest BCUT2D eigenvalue weighted by atomic mass is 16.2. The fourth-order valence-corrected chi connectivity index (χ4v) is 4.94. The third-order valence-corrected chi connectivity index (χ3v) is 7.31. The predicted octanol–water partition coefficient (Wildman–Crippen LogP) is 0.546. The maximum absolute atomic E-state index is 13.4. The Hall–Kier alpha value is -3.48. The SMILES string of the molecule is CCC1(CC)C(=O)NC(=O)N2C(=O)CC(=O)N3C(=O)NC(=O)C(CC)(CC)C3=NCCNCCN=C21. The van der Waals surface area contributed by atoms with Crippen molar-refractivity contribution in [2.24, 2.45) is 20.8 Å². The number of rotatable bonds is 4. The van der Waals surface area contributed by atoms with Crippen LogP contribution in [0.1, 0.15) is 59.8 Å². The van der Waals surface area contributed by atoms with Gasteiger partial charge in [-0.2, -0.15) is 0 Å². The van der Waals surface area contributed by atoms with Gasteiger partial charge in [-0.3, -0.25) is 39.8 Å².